The molecular weight excluding hydrogens is 278 g/mol. The second kappa shape index (κ2) is 5.60. The fraction of sp³-hybridized carbons (Fsp3) is 0.300. The summed E-state index contributed by atoms with van der Waals surface area (Å²) in [4.78, 5) is 12.2. The summed E-state index contributed by atoms with van der Waals surface area (Å²) >= 11 is 10.8. The summed E-state index contributed by atoms with van der Waals surface area (Å²) in [7, 11) is 0. The van der Waals surface area contributed by atoms with E-state index in [1.807, 2.05) is 0 Å². The fourth-order valence-electron chi connectivity index (χ4n) is 1.29. The van der Waals surface area contributed by atoms with E-state index in [1.165, 1.54) is 18.2 Å². The molecule has 1 aromatic carbocycles. The third-order valence-corrected chi connectivity index (χ3v) is 2.50. The Kier molecular flexibility index (Phi) is 4.65. The molecule has 17 heavy (non-hydrogen) atoms. The van der Waals surface area contributed by atoms with Crippen LogP contribution in [-0.2, 0) is 11.0 Å². The molecule has 0 unspecified atom stereocenters. The predicted molar refractivity (Wildman–Crippen MR) is 60.4 cm³/mol. The van der Waals surface area contributed by atoms with Crippen molar-refractivity contribution in [2.75, 3.05) is 16.8 Å². The molecule has 0 saturated heterocycles. The van der Waals surface area contributed by atoms with Crippen molar-refractivity contribution in [1.29, 1.82) is 0 Å². The van der Waals surface area contributed by atoms with Crippen LogP contribution in [-0.4, -0.2) is 17.8 Å². The van der Waals surface area contributed by atoms with E-state index in [2.05, 4.69) is 0 Å². The minimum Gasteiger partial charge on any atom is -0.297 e. The number of benzene rings is 1. The van der Waals surface area contributed by atoms with Crippen LogP contribution in [0, 0.1) is 0 Å². The molecule has 0 fully saturated rings. The number of nitrogens with zero attached hydrogens (tertiary/aromatic N) is 1. The molecule has 0 saturated carbocycles. The van der Waals surface area contributed by atoms with Crippen LogP contribution in [0.15, 0.2) is 24.3 Å². The van der Waals surface area contributed by atoms with Crippen LogP contribution in [0.2, 0.25) is 0 Å². The lowest BCUT2D eigenvalue weighted by Gasteiger charge is -2.22. The first kappa shape index (κ1) is 14.1. The van der Waals surface area contributed by atoms with Crippen LogP contribution in [0.1, 0.15) is 5.56 Å². The maximum absolute atomic E-state index is 12.7. The molecule has 0 aromatic heterocycles. The molecule has 94 valence electrons. The molecule has 0 heterocycles. The summed E-state index contributed by atoms with van der Waals surface area (Å²) in [6.07, 6.45) is -4.55. The highest BCUT2D eigenvalue weighted by Gasteiger charge is 2.35. The normalized spacial score (nSPS) is 11.4. The predicted octanol–water partition coefficient (Wildman–Crippen LogP) is 3.47. The third-order valence-electron chi connectivity index (χ3n) is 2.04. The maximum Gasteiger partial charge on any atom is 0.418 e. The first-order valence-corrected chi connectivity index (χ1v) is 5.57. The summed E-state index contributed by atoms with van der Waals surface area (Å²) in [5, 5.41) is 0. The molecule has 0 atom stereocenters. The number of anilines is 1. The zero-order valence-electron chi connectivity index (χ0n) is 8.47. The van der Waals surface area contributed by atoms with Crippen LogP contribution >= 0.6 is 23.2 Å². The van der Waals surface area contributed by atoms with Crippen molar-refractivity contribution in [3.8, 4) is 0 Å². The Bertz CT molecular complexity index is 409. The number of hydrogen-bond acceptors (Lipinski definition) is 1. The van der Waals surface area contributed by atoms with Gasteiger partial charge in [0.05, 0.1) is 11.3 Å². The van der Waals surface area contributed by atoms with Gasteiger partial charge in [0.15, 0.2) is 0 Å². The summed E-state index contributed by atoms with van der Waals surface area (Å²) in [6, 6.07) is 4.31. The van der Waals surface area contributed by atoms with Crippen molar-refractivity contribution < 1.29 is 18.0 Å². The average molecular weight is 286 g/mol. The minimum atomic E-state index is -4.55. The van der Waals surface area contributed by atoms with Gasteiger partial charge in [-0.05, 0) is 12.1 Å². The van der Waals surface area contributed by atoms with Gasteiger partial charge in [0.2, 0.25) is 5.91 Å². The van der Waals surface area contributed by atoms with Gasteiger partial charge in [0, 0.05) is 0 Å². The number of alkyl halides is 5. The Morgan fingerprint density at radius 2 is 1.82 bits per heavy atom. The van der Waals surface area contributed by atoms with Crippen LogP contribution in [0.4, 0.5) is 18.9 Å². The topological polar surface area (TPSA) is 20.3 Å². The molecule has 0 aliphatic heterocycles. The quantitative estimate of drug-likeness (QED) is 0.615. The van der Waals surface area contributed by atoms with Gasteiger partial charge < -0.3 is 0 Å². The third kappa shape index (κ3) is 3.26. The van der Waals surface area contributed by atoms with Crippen molar-refractivity contribution in [3.05, 3.63) is 29.8 Å². The number of carbonyl (C=O) groups is 1. The molecule has 0 aliphatic rings. The summed E-state index contributed by atoms with van der Waals surface area (Å²) in [5.41, 5.74) is -1.21. The summed E-state index contributed by atoms with van der Waals surface area (Å²) in [6.45, 7) is 0. The number of amides is 1. The van der Waals surface area contributed by atoms with Gasteiger partial charge in [-0.1, -0.05) is 12.1 Å². The number of hydrogen-bond donors (Lipinski definition) is 0. The highest BCUT2D eigenvalue weighted by atomic mass is 35.5. The van der Waals surface area contributed by atoms with Gasteiger partial charge in [-0.15, -0.1) is 23.2 Å². The largest absolute Gasteiger partial charge is 0.418 e. The second-order valence-corrected chi connectivity index (χ2v) is 3.60. The smallest absolute Gasteiger partial charge is 0.297 e. The Labute approximate surface area is 106 Å². The molecule has 7 heteroatoms. The molecule has 1 aromatic rings. The number of halogens is 5. The van der Waals surface area contributed by atoms with Crippen LogP contribution < -0.4 is 4.90 Å². The van der Waals surface area contributed by atoms with Crippen LogP contribution in [0.25, 0.3) is 0 Å². The van der Waals surface area contributed by atoms with E-state index < -0.39 is 29.5 Å². The van der Waals surface area contributed by atoms with Gasteiger partial charge in [-0.3, -0.25) is 9.69 Å². The van der Waals surface area contributed by atoms with Crippen LogP contribution in [0.3, 0.4) is 0 Å². The van der Waals surface area contributed by atoms with Gasteiger partial charge in [0.1, 0.15) is 11.9 Å². The molecule has 0 spiro atoms. The SMILES string of the molecule is O=C(CCl)N(CCl)c1ccccc1C(F)(F)F. The molecule has 1 amide bonds. The van der Waals surface area contributed by atoms with Crippen molar-refractivity contribution in [3.63, 3.8) is 0 Å². The first-order chi connectivity index (χ1) is 7.91. The standard InChI is InChI=1S/C10H8Cl2F3NO/c11-5-9(17)16(6-12)8-4-2-1-3-7(8)10(13,14)15/h1-4H,5-6H2. The van der Waals surface area contributed by atoms with E-state index in [4.69, 9.17) is 23.2 Å². The van der Waals surface area contributed by atoms with Gasteiger partial charge in [0.25, 0.3) is 0 Å². The number of carbonyl (C=O) groups excluding carboxylic acids is 1. The lowest BCUT2D eigenvalue weighted by molar-refractivity contribution is -0.137. The van der Waals surface area contributed by atoms with E-state index >= 15 is 0 Å². The minimum absolute atomic E-state index is 0.291. The molecule has 0 aliphatic carbocycles. The van der Waals surface area contributed by atoms with Crippen LogP contribution in [0.5, 0.6) is 0 Å². The lowest BCUT2D eigenvalue weighted by Crippen LogP contribution is -2.32. The average Bonchev–Trinajstić information content (AvgIpc) is 2.29. The highest BCUT2D eigenvalue weighted by Crippen LogP contribution is 2.36. The Morgan fingerprint density at radius 1 is 1.24 bits per heavy atom. The summed E-state index contributed by atoms with van der Waals surface area (Å²) in [5.74, 6) is -1.11. The Balaban J connectivity index is 3.25. The number of rotatable bonds is 3. The van der Waals surface area contributed by atoms with E-state index in [0.717, 1.165) is 11.0 Å². The van der Waals surface area contributed by atoms with Crippen molar-refractivity contribution in [2.45, 2.75) is 6.18 Å². The molecule has 0 radical (unpaired) electrons. The van der Waals surface area contributed by atoms with E-state index in [1.54, 1.807) is 0 Å². The van der Waals surface area contributed by atoms with Gasteiger partial charge in [-0.25, -0.2) is 0 Å². The molecule has 2 nitrogen and oxygen atoms in total. The Morgan fingerprint density at radius 3 is 2.29 bits per heavy atom. The molecule has 0 N–H and O–H groups in total. The van der Waals surface area contributed by atoms with Gasteiger partial charge in [-0.2, -0.15) is 13.2 Å². The molecule has 1 rings (SSSR count). The maximum atomic E-state index is 12.7. The zero-order chi connectivity index (χ0) is 13.1. The van der Waals surface area contributed by atoms with E-state index in [-0.39, 0.29) is 5.69 Å². The van der Waals surface area contributed by atoms with E-state index in [9.17, 15) is 18.0 Å². The monoisotopic (exact) mass is 285 g/mol. The van der Waals surface area contributed by atoms with Gasteiger partial charge >= 0.3 is 6.18 Å². The molecular formula is C10H8Cl2F3NO. The number of para-hydroxylation sites is 1. The highest BCUT2D eigenvalue weighted by molar-refractivity contribution is 6.31. The van der Waals surface area contributed by atoms with E-state index in [0.29, 0.717) is 0 Å². The Hall–Kier alpha value is -0.940. The fourth-order valence-corrected chi connectivity index (χ4v) is 1.69. The van der Waals surface area contributed by atoms with Crippen molar-refractivity contribution in [2.24, 2.45) is 0 Å². The lowest BCUT2D eigenvalue weighted by atomic mass is 10.1. The summed E-state index contributed by atoms with van der Waals surface area (Å²) < 4.78 is 38.1. The zero-order valence-corrected chi connectivity index (χ0v) is 9.98. The van der Waals surface area contributed by atoms with Crippen molar-refractivity contribution in [1.82, 2.24) is 0 Å². The molecule has 0 bridgehead atoms. The van der Waals surface area contributed by atoms with Crippen molar-refractivity contribution >= 4 is 34.8 Å². The second-order valence-electron chi connectivity index (χ2n) is 3.09. The first-order valence-electron chi connectivity index (χ1n) is 4.50.